The van der Waals surface area contributed by atoms with Crippen LogP contribution >= 0.6 is 11.6 Å². The van der Waals surface area contributed by atoms with Gasteiger partial charge in [0.05, 0.1) is 11.9 Å². The van der Waals surface area contributed by atoms with Crippen LogP contribution < -0.4 is 9.62 Å². The van der Waals surface area contributed by atoms with Crippen LogP contribution in [0.15, 0.2) is 72.8 Å². The zero-order valence-electron chi connectivity index (χ0n) is 23.7. The normalized spacial score (nSPS) is 12.0. The van der Waals surface area contributed by atoms with Crippen molar-refractivity contribution >= 4 is 39.1 Å². The number of sulfonamides is 1. The molecule has 42 heavy (non-hydrogen) atoms. The van der Waals surface area contributed by atoms with Crippen LogP contribution in [-0.2, 0) is 32.6 Å². The summed E-state index contributed by atoms with van der Waals surface area (Å²) in [5.74, 6) is -2.93. The third-order valence-corrected chi connectivity index (χ3v) is 8.12. The predicted octanol–water partition coefficient (Wildman–Crippen LogP) is 5.72. The van der Waals surface area contributed by atoms with Gasteiger partial charge in [0.1, 0.15) is 6.04 Å². The molecule has 0 fully saturated rings. The molecule has 0 unspecified atom stereocenters. The quantitative estimate of drug-likeness (QED) is 0.221. The molecule has 0 aromatic heterocycles. The summed E-state index contributed by atoms with van der Waals surface area (Å²) in [5.41, 5.74) is 1.56. The van der Waals surface area contributed by atoms with Gasteiger partial charge in [0.25, 0.3) is 0 Å². The van der Waals surface area contributed by atoms with E-state index in [1.807, 2.05) is 43.3 Å². The monoisotopic (exact) mass is 619 g/mol. The first-order valence-corrected chi connectivity index (χ1v) is 16.0. The van der Waals surface area contributed by atoms with E-state index >= 15 is 0 Å². The molecule has 1 atom stereocenters. The summed E-state index contributed by atoms with van der Waals surface area (Å²) in [7, 11) is -3.86. The van der Waals surface area contributed by atoms with E-state index in [0.29, 0.717) is 11.6 Å². The van der Waals surface area contributed by atoms with E-state index < -0.39 is 27.7 Å². The van der Waals surface area contributed by atoms with Crippen LogP contribution in [-0.4, -0.2) is 50.5 Å². The fraction of sp³-hybridized carbons (Fsp3) is 0.355. The van der Waals surface area contributed by atoms with E-state index in [9.17, 15) is 26.8 Å². The van der Waals surface area contributed by atoms with Crippen molar-refractivity contribution in [1.29, 1.82) is 0 Å². The summed E-state index contributed by atoms with van der Waals surface area (Å²) < 4.78 is 53.2. The second kappa shape index (κ2) is 15.7. The highest BCUT2D eigenvalue weighted by Crippen LogP contribution is 2.23. The Balaban J connectivity index is 1.88. The third-order valence-electron chi connectivity index (χ3n) is 6.69. The Morgan fingerprint density at radius 2 is 1.64 bits per heavy atom. The minimum Gasteiger partial charge on any atom is -0.354 e. The minimum atomic E-state index is -3.86. The molecule has 1 N–H and O–H groups in total. The van der Waals surface area contributed by atoms with Gasteiger partial charge in [-0.1, -0.05) is 67.4 Å². The first-order chi connectivity index (χ1) is 20.0. The van der Waals surface area contributed by atoms with Crippen molar-refractivity contribution in [2.75, 3.05) is 23.7 Å². The Bertz CT molecular complexity index is 1460. The number of hydrogen-bond acceptors (Lipinski definition) is 4. The zero-order chi connectivity index (χ0) is 30.7. The van der Waals surface area contributed by atoms with Gasteiger partial charge in [0.2, 0.25) is 21.8 Å². The van der Waals surface area contributed by atoms with E-state index in [0.717, 1.165) is 46.7 Å². The lowest BCUT2D eigenvalue weighted by Crippen LogP contribution is -2.50. The molecule has 0 saturated heterocycles. The van der Waals surface area contributed by atoms with Gasteiger partial charge in [-0.2, -0.15) is 0 Å². The van der Waals surface area contributed by atoms with E-state index in [1.54, 1.807) is 18.2 Å². The molecule has 0 saturated carbocycles. The van der Waals surface area contributed by atoms with Crippen LogP contribution in [0.4, 0.5) is 14.5 Å². The molecule has 0 aliphatic heterocycles. The van der Waals surface area contributed by atoms with Crippen molar-refractivity contribution in [3.05, 3.63) is 101 Å². The summed E-state index contributed by atoms with van der Waals surface area (Å²) in [4.78, 5) is 28.8. The second-order valence-electron chi connectivity index (χ2n) is 10.0. The molecule has 226 valence electrons. The summed E-state index contributed by atoms with van der Waals surface area (Å²) in [6.45, 7) is 2.45. The number of amides is 2. The lowest BCUT2D eigenvalue weighted by atomic mass is 10.0. The molecule has 0 aliphatic rings. The second-order valence-corrected chi connectivity index (χ2v) is 12.4. The zero-order valence-corrected chi connectivity index (χ0v) is 25.3. The summed E-state index contributed by atoms with van der Waals surface area (Å²) in [6, 6.07) is 18.4. The van der Waals surface area contributed by atoms with Crippen molar-refractivity contribution in [3.8, 4) is 0 Å². The van der Waals surface area contributed by atoms with Gasteiger partial charge in [-0.3, -0.25) is 13.9 Å². The number of anilines is 1. The molecule has 0 heterocycles. The highest BCUT2D eigenvalue weighted by molar-refractivity contribution is 7.92. The number of nitrogens with one attached hydrogen (secondary N) is 1. The Labute approximate surface area is 251 Å². The number of carbonyl (C=O) groups is 2. The number of unbranched alkanes of at least 4 members (excludes halogenated alkanes) is 1. The molecule has 0 aliphatic carbocycles. The SMILES string of the molecule is CCCCNC(=O)[C@@H](Cc1ccccc1)N(Cc1cccc(Cl)c1)C(=O)CCCN(c1ccc(F)c(F)c1)S(C)(=O)=O. The first-order valence-electron chi connectivity index (χ1n) is 13.8. The van der Waals surface area contributed by atoms with Gasteiger partial charge in [0.15, 0.2) is 11.6 Å². The minimum absolute atomic E-state index is 0.0445. The Morgan fingerprint density at radius 1 is 0.929 bits per heavy atom. The van der Waals surface area contributed by atoms with Crippen molar-refractivity contribution in [2.45, 2.75) is 51.6 Å². The number of carbonyl (C=O) groups excluding carboxylic acids is 2. The average Bonchev–Trinajstić information content (AvgIpc) is 2.94. The molecular weight excluding hydrogens is 584 g/mol. The van der Waals surface area contributed by atoms with Crippen LogP contribution in [0, 0.1) is 11.6 Å². The van der Waals surface area contributed by atoms with Gasteiger partial charge >= 0.3 is 0 Å². The van der Waals surface area contributed by atoms with Gasteiger partial charge in [-0.25, -0.2) is 17.2 Å². The number of rotatable bonds is 15. The van der Waals surface area contributed by atoms with Crippen molar-refractivity contribution in [3.63, 3.8) is 0 Å². The molecule has 0 radical (unpaired) electrons. The Morgan fingerprint density at radius 3 is 2.29 bits per heavy atom. The average molecular weight is 620 g/mol. The van der Waals surface area contributed by atoms with Crippen molar-refractivity contribution in [2.24, 2.45) is 0 Å². The fourth-order valence-corrected chi connectivity index (χ4v) is 5.71. The standard InChI is InChI=1S/C31H36ClF2N3O4S/c1-3-4-17-35-31(39)29(20-23-10-6-5-7-11-23)36(22-24-12-8-13-25(32)19-24)30(38)14-9-18-37(42(2,40)41)26-15-16-27(33)28(34)21-26/h5-8,10-13,15-16,19,21,29H,3-4,9,14,17-18,20,22H2,1-2H3,(H,35,39)/t29-/m1/s1. The maximum Gasteiger partial charge on any atom is 0.243 e. The van der Waals surface area contributed by atoms with Crippen LogP contribution in [0.5, 0.6) is 0 Å². The number of hydrogen-bond donors (Lipinski definition) is 1. The molecule has 11 heteroatoms. The molecule has 3 aromatic carbocycles. The van der Waals surface area contributed by atoms with Crippen molar-refractivity contribution in [1.82, 2.24) is 10.2 Å². The molecule has 7 nitrogen and oxygen atoms in total. The van der Waals surface area contributed by atoms with Crippen LogP contribution in [0.3, 0.4) is 0 Å². The smallest absolute Gasteiger partial charge is 0.243 e. The lowest BCUT2D eigenvalue weighted by Gasteiger charge is -2.32. The fourth-order valence-electron chi connectivity index (χ4n) is 4.54. The van der Waals surface area contributed by atoms with E-state index in [-0.39, 0.29) is 49.9 Å². The Hall–Kier alpha value is -3.50. The molecule has 3 rings (SSSR count). The van der Waals surface area contributed by atoms with Gasteiger partial charge < -0.3 is 10.2 Å². The van der Waals surface area contributed by atoms with Crippen molar-refractivity contribution < 1.29 is 26.8 Å². The van der Waals surface area contributed by atoms with E-state index in [1.165, 1.54) is 11.0 Å². The summed E-state index contributed by atoms with van der Waals surface area (Å²) in [5, 5.41) is 3.44. The van der Waals surface area contributed by atoms with Gasteiger partial charge in [-0.05, 0) is 48.2 Å². The van der Waals surface area contributed by atoms with Crippen LogP contribution in [0.25, 0.3) is 0 Å². The van der Waals surface area contributed by atoms with E-state index in [4.69, 9.17) is 11.6 Å². The maximum atomic E-state index is 13.9. The first kappa shape index (κ1) is 33.0. The third kappa shape index (κ3) is 9.80. The van der Waals surface area contributed by atoms with Crippen LogP contribution in [0.2, 0.25) is 5.02 Å². The highest BCUT2D eigenvalue weighted by atomic mass is 35.5. The molecule has 0 spiro atoms. The number of halogens is 3. The van der Waals surface area contributed by atoms with E-state index in [2.05, 4.69) is 5.32 Å². The number of benzene rings is 3. The Kier molecular flexibility index (Phi) is 12.3. The van der Waals surface area contributed by atoms with Gasteiger partial charge in [-0.15, -0.1) is 0 Å². The summed E-state index contributed by atoms with van der Waals surface area (Å²) in [6.07, 6.45) is 2.89. The largest absolute Gasteiger partial charge is 0.354 e. The lowest BCUT2D eigenvalue weighted by molar-refractivity contribution is -0.141. The summed E-state index contributed by atoms with van der Waals surface area (Å²) >= 11 is 6.21. The molecular formula is C31H36ClF2N3O4S. The number of nitrogens with zero attached hydrogens (tertiary/aromatic N) is 2. The maximum absolute atomic E-state index is 13.9. The van der Waals surface area contributed by atoms with Gasteiger partial charge in [0, 0.05) is 43.6 Å². The molecule has 3 aromatic rings. The topological polar surface area (TPSA) is 86.8 Å². The predicted molar refractivity (Wildman–Crippen MR) is 162 cm³/mol. The molecule has 0 bridgehead atoms. The molecule has 2 amide bonds. The highest BCUT2D eigenvalue weighted by Gasteiger charge is 2.30. The van der Waals surface area contributed by atoms with Crippen LogP contribution in [0.1, 0.15) is 43.7 Å².